The largest absolute Gasteiger partial charge is 0.344 e. The molecule has 1 heterocycles. The van der Waals surface area contributed by atoms with Gasteiger partial charge in [0.25, 0.3) is 5.69 Å². The van der Waals surface area contributed by atoms with Crippen molar-refractivity contribution in [2.24, 2.45) is 5.92 Å². The molecule has 0 fully saturated rings. The predicted molar refractivity (Wildman–Crippen MR) is 102 cm³/mol. The first-order valence-electron chi connectivity index (χ1n) is 8.86. The van der Waals surface area contributed by atoms with Crippen LogP contribution in [0, 0.1) is 16.0 Å². The highest BCUT2D eigenvalue weighted by Crippen LogP contribution is 2.24. The summed E-state index contributed by atoms with van der Waals surface area (Å²) in [6, 6.07) is 15.2. The molecule has 0 radical (unpaired) electrons. The SMILES string of the molecule is CC(C)C(=O)NC(Cc1ccccc1)c1nc(-c2cccc([N+](=O)[O-])c2)no1. The Kier molecular flexibility index (Phi) is 5.78. The second-order valence-electron chi connectivity index (χ2n) is 6.67. The van der Waals surface area contributed by atoms with Gasteiger partial charge < -0.3 is 9.84 Å². The number of aromatic nitrogens is 2. The number of benzene rings is 2. The fourth-order valence-electron chi connectivity index (χ4n) is 2.64. The average molecular weight is 380 g/mol. The number of nitro groups is 1. The third-order valence-corrected chi connectivity index (χ3v) is 4.18. The lowest BCUT2D eigenvalue weighted by molar-refractivity contribution is -0.384. The molecule has 0 aliphatic heterocycles. The van der Waals surface area contributed by atoms with Crippen molar-refractivity contribution in [1.82, 2.24) is 15.5 Å². The molecular weight excluding hydrogens is 360 g/mol. The van der Waals surface area contributed by atoms with Gasteiger partial charge in [0.2, 0.25) is 17.6 Å². The van der Waals surface area contributed by atoms with Crippen LogP contribution in [-0.4, -0.2) is 21.0 Å². The fraction of sp³-hybridized carbons (Fsp3) is 0.250. The van der Waals surface area contributed by atoms with Crippen LogP contribution in [0.2, 0.25) is 0 Å². The van der Waals surface area contributed by atoms with Crippen LogP contribution < -0.4 is 5.32 Å². The van der Waals surface area contributed by atoms with Crippen molar-refractivity contribution >= 4 is 11.6 Å². The molecule has 0 aliphatic rings. The highest BCUT2D eigenvalue weighted by atomic mass is 16.6. The van der Waals surface area contributed by atoms with Crippen LogP contribution >= 0.6 is 0 Å². The molecular formula is C20H20N4O4. The number of carbonyl (C=O) groups is 1. The van der Waals surface area contributed by atoms with Crippen LogP contribution in [0.5, 0.6) is 0 Å². The zero-order chi connectivity index (χ0) is 20.1. The first-order chi connectivity index (χ1) is 13.4. The first kappa shape index (κ1) is 19.2. The molecule has 28 heavy (non-hydrogen) atoms. The van der Waals surface area contributed by atoms with Gasteiger partial charge in [-0.2, -0.15) is 4.98 Å². The molecule has 8 nitrogen and oxygen atoms in total. The van der Waals surface area contributed by atoms with E-state index in [4.69, 9.17) is 4.52 Å². The summed E-state index contributed by atoms with van der Waals surface area (Å²) in [6.45, 7) is 3.61. The normalized spacial score (nSPS) is 12.0. The van der Waals surface area contributed by atoms with Crippen molar-refractivity contribution in [1.29, 1.82) is 0 Å². The van der Waals surface area contributed by atoms with Gasteiger partial charge in [0.05, 0.1) is 4.92 Å². The van der Waals surface area contributed by atoms with Crippen molar-refractivity contribution in [2.75, 3.05) is 0 Å². The van der Waals surface area contributed by atoms with Gasteiger partial charge >= 0.3 is 0 Å². The van der Waals surface area contributed by atoms with Crippen LogP contribution in [0.4, 0.5) is 5.69 Å². The van der Waals surface area contributed by atoms with E-state index in [2.05, 4.69) is 15.5 Å². The lowest BCUT2D eigenvalue weighted by Gasteiger charge is -2.16. The number of amides is 1. The maximum Gasteiger partial charge on any atom is 0.270 e. The van der Waals surface area contributed by atoms with E-state index in [1.54, 1.807) is 26.0 Å². The summed E-state index contributed by atoms with van der Waals surface area (Å²) >= 11 is 0. The smallest absolute Gasteiger partial charge is 0.270 e. The maximum absolute atomic E-state index is 12.2. The summed E-state index contributed by atoms with van der Waals surface area (Å²) in [5, 5.41) is 17.9. The maximum atomic E-state index is 12.2. The minimum atomic E-state index is -0.503. The number of rotatable bonds is 7. The van der Waals surface area contributed by atoms with Gasteiger partial charge in [-0.3, -0.25) is 14.9 Å². The lowest BCUT2D eigenvalue weighted by Crippen LogP contribution is -2.33. The zero-order valence-corrected chi connectivity index (χ0v) is 15.5. The molecule has 3 rings (SSSR count). The molecule has 1 atom stereocenters. The summed E-state index contributed by atoms with van der Waals surface area (Å²) in [4.78, 5) is 27.1. The van der Waals surface area contributed by atoms with E-state index in [1.807, 2.05) is 30.3 Å². The lowest BCUT2D eigenvalue weighted by atomic mass is 10.0. The standard InChI is InChI=1S/C20H20N4O4/c1-13(2)19(25)21-17(11-14-7-4-3-5-8-14)20-22-18(23-28-20)15-9-6-10-16(12-15)24(26)27/h3-10,12-13,17H,11H2,1-2H3,(H,21,25). The van der Waals surface area contributed by atoms with E-state index in [0.717, 1.165) is 5.56 Å². The Balaban J connectivity index is 1.89. The van der Waals surface area contributed by atoms with E-state index >= 15 is 0 Å². The van der Waals surface area contributed by atoms with E-state index < -0.39 is 11.0 Å². The number of hydrogen-bond donors (Lipinski definition) is 1. The van der Waals surface area contributed by atoms with Crippen molar-refractivity contribution in [3.63, 3.8) is 0 Å². The van der Waals surface area contributed by atoms with E-state index in [-0.39, 0.29) is 29.2 Å². The third-order valence-electron chi connectivity index (χ3n) is 4.18. The van der Waals surface area contributed by atoms with Gasteiger partial charge in [-0.15, -0.1) is 0 Å². The van der Waals surface area contributed by atoms with Gasteiger partial charge in [0, 0.05) is 30.0 Å². The van der Waals surface area contributed by atoms with Crippen LogP contribution in [0.25, 0.3) is 11.4 Å². The van der Waals surface area contributed by atoms with E-state index in [9.17, 15) is 14.9 Å². The summed E-state index contributed by atoms with van der Waals surface area (Å²) in [5.74, 6) is 0.156. The molecule has 8 heteroatoms. The van der Waals surface area contributed by atoms with Crippen molar-refractivity contribution < 1.29 is 14.2 Å². The summed E-state index contributed by atoms with van der Waals surface area (Å²) in [6.07, 6.45) is 0.482. The number of non-ortho nitro benzene ring substituents is 1. The number of nitrogens with zero attached hydrogens (tertiary/aromatic N) is 3. The van der Waals surface area contributed by atoms with Crippen molar-refractivity contribution in [3.8, 4) is 11.4 Å². The first-order valence-corrected chi connectivity index (χ1v) is 8.86. The van der Waals surface area contributed by atoms with E-state index in [0.29, 0.717) is 12.0 Å². The minimum Gasteiger partial charge on any atom is -0.344 e. The molecule has 2 aromatic carbocycles. The molecule has 0 bridgehead atoms. The average Bonchev–Trinajstić information content (AvgIpc) is 3.18. The molecule has 1 N–H and O–H groups in total. The van der Waals surface area contributed by atoms with Crippen LogP contribution in [0.1, 0.15) is 31.3 Å². The molecule has 1 aromatic heterocycles. The predicted octanol–water partition coefficient (Wildman–Crippen LogP) is 3.70. The number of nitrogens with one attached hydrogen (secondary N) is 1. The Hall–Kier alpha value is -3.55. The molecule has 0 saturated carbocycles. The second kappa shape index (κ2) is 8.43. The minimum absolute atomic E-state index is 0.0576. The van der Waals surface area contributed by atoms with Crippen molar-refractivity contribution in [3.05, 3.63) is 76.2 Å². The van der Waals surface area contributed by atoms with Crippen molar-refractivity contribution in [2.45, 2.75) is 26.3 Å². The Morgan fingerprint density at radius 2 is 1.93 bits per heavy atom. The van der Waals surface area contributed by atoms with Crippen LogP contribution in [-0.2, 0) is 11.2 Å². The number of carbonyl (C=O) groups excluding carboxylic acids is 1. The Morgan fingerprint density at radius 1 is 1.18 bits per heavy atom. The van der Waals surface area contributed by atoms with Gasteiger partial charge in [0.1, 0.15) is 6.04 Å². The topological polar surface area (TPSA) is 111 Å². The highest BCUT2D eigenvalue weighted by molar-refractivity contribution is 5.78. The summed E-state index contributed by atoms with van der Waals surface area (Å²) < 4.78 is 5.39. The highest BCUT2D eigenvalue weighted by Gasteiger charge is 2.23. The van der Waals surface area contributed by atoms with Crippen LogP contribution in [0.15, 0.2) is 59.1 Å². The molecule has 144 valence electrons. The van der Waals surface area contributed by atoms with Crippen LogP contribution in [0.3, 0.4) is 0 Å². The van der Waals surface area contributed by atoms with Gasteiger partial charge in [-0.25, -0.2) is 0 Å². The molecule has 3 aromatic rings. The van der Waals surface area contributed by atoms with E-state index in [1.165, 1.54) is 12.1 Å². The Morgan fingerprint density at radius 3 is 2.61 bits per heavy atom. The summed E-state index contributed by atoms with van der Waals surface area (Å²) in [7, 11) is 0. The van der Waals surface area contributed by atoms with Gasteiger partial charge in [0.15, 0.2) is 0 Å². The third kappa shape index (κ3) is 4.59. The second-order valence-corrected chi connectivity index (χ2v) is 6.67. The zero-order valence-electron chi connectivity index (χ0n) is 15.5. The summed E-state index contributed by atoms with van der Waals surface area (Å²) in [5.41, 5.74) is 1.42. The molecule has 0 saturated heterocycles. The van der Waals surface area contributed by atoms with Gasteiger partial charge in [-0.1, -0.05) is 61.5 Å². The molecule has 0 aliphatic carbocycles. The Labute approximate surface area is 161 Å². The molecule has 0 spiro atoms. The molecule has 1 amide bonds. The Bertz CT molecular complexity index is 969. The monoisotopic (exact) mass is 380 g/mol. The number of nitro benzene ring substituents is 1. The molecule has 1 unspecified atom stereocenters. The number of hydrogen-bond acceptors (Lipinski definition) is 6. The quantitative estimate of drug-likeness (QED) is 0.494. The van der Waals surface area contributed by atoms with Gasteiger partial charge in [-0.05, 0) is 5.56 Å². The fourth-order valence-corrected chi connectivity index (χ4v) is 2.64.